The summed E-state index contributed by atoms with van der Waals surface area (Å²) in [6.07, 6.45) is -2.03. The van der Waals surface area contributed by atoms with Gasteiger partial charge in [0.2, 0.25) is 0 Å². The van der Waals surface area contributed by atoms with E-state index in [0.717, 1.165) is 42.6 Å². The number of aromatic nitrogens is 2. The molecule has 0 radical (unpaired) electrons. The standard InChI is InChI=1S/C17H20ClF3N4O/c1-10-14(16(26)24(3)12-4-6-23(2)7-5-12)25-9-11(17(19,20)21)8-13(18)15(25)22-10/h8-9,12H,4-7H2,1-3H3. The largest absolute Gasteiger partial charge is 0.417 e. The fourth-order valence-corrected chi connectivity index (χ4v) is 3.60. The predicted octanol–water partition coefficient (Wildman–Crippen LogP) is 3.48. The van der Waals surface area contributed by atoms with Gasteiger partial charge in [-0.3, -0.25) is 9.20 Å². The molecule has 0 aromatic carbocycles. The lowest BCUT2D eigenvalue weighted by Crippen LogP contribution is -2.44. The quantitative estimate of drug-likeness (QED) is 0.791. The fraction of sp³-hybridized carbons (Fsp3) is 0.529. The maximum absolute atomic E-state index is 13.1. The Morgan fingerprint density at radius 2 is 1.96 bits per heavy atom. The van der Waals surface area contributed by atoms with Crippen LogP contribution in [0.3, 0.4) is 0 Å². The van der Waals surface area contributed by atoms with Crippen molar-refractivity contribution in [2.75, 3.05) is 27.2 Å². The minimum Gasteiger partial charge on any atom is -0.337 e. The van der Waals surface area contributed by atoms with E-state index in [2.05, 4.69) is 9.88 Å². The number of halogens is 4. The summed E-state index contributed by atoms with van der Waals surface area (Å²) in [6, 6.07) is 0.878. The lowest BCUT2D eigenvalue weighted by Gasteiger charge is -2.35. The Morgan fingerprint density at radius 3 is 2.54 bits per heavy atom. The van der Waals surface area contributed by atoms with Gasteiger partial charge in [0, 0.05) is 19.3 Å². The van der Waals surface area contributed by atoms with Crippen molar-refractivity contribution in [2.24, 2.45) is 0 Å². The third-order valence-electron chi connectivity index (χ3n) is 4.94. The van der Waals surface area contributed by atoms with Crippen molar-refractivity contribution in [2.45, 2.75) is 32.0 Å². The minimum atomic E-state index is -4.56. The zero-order valence-electron chi connectivity index (χ0n) is 14.8. The lowest BCUT2D eigenvalue weighted by atomic mass is 10.0. The summed E-state index contributed by atoms with van der Waals surface area (Å²) >= 11 is 5.99. The van der Waals surface area contributed by atoms with E-state index >= 15 is 0 Å². The smallest absolute Gasteiger partial charge is 0.337 e. The summed E-state index contributed by atoms with van der Waals surface area (Å²) in [5.41, 5.74) is -0.286. The van der Waals surface area contributed by atoms with Crippen LogP contribution in [0.25, 0.3) is 5.65 Å². The molecule has 26 heavy (non-hydrogen) atoms. The molecule has 1 fully saturated rings. The van der Waals surface area contributed by atoms with Crippen molar-refractivity contribution in [3.8, 4) is 0 Å². The van der Waals surface area contributed by atoms with E-state index < -0.39 is 11.7 Å². The number of hydrogen-bond acceptors (Lipinski definition) is 3. The van der Waals surface area contributed by atoms with Crippen LogP contribution in [0.5, 0.6) is 0 Å². The Bertz CT molecular complexity index is 841. The molecular formula is C17H20ClF3N4O. The van der Waals surface area contributed by atoms with Gasteiger partial charge in [0.05, 0.1) is 16.3 Å². The molecule has 0 bridgehead atoms. The Hall–Kier alpha value is -1.80. The summed E-state index contributed by atoms with van der Waals surface area (Å²) < 4.78 is 40.5. The maximum Gasteiger partial charge on any atom is 0.417 e. The van der Waals surface area contributed by atoms with Crippen molar-refractivity contribution in [3.05, 3.63) is 34.2 Å². The number of nitrogens with zero attached hydrogens (tertiary/aromatic N) is 4. The average Bonchev–Trinajstić information content (AvgIpc) is 2.90. The lowest BCUT2D eigenvalue weighted by molar-refractivity contribution is -0.137. The predicted molar refractivity (Wildman–Crippen MR) is 92.6 cm³/mol. The van der Waals surface area contributed by atoms with Crippen molar-refractivity contribution >= 4 is 23.2 Å². The number of imidazole rings is 1. The second kappa shape index (κ2) is 6.74. The number of likely N-dealkylation sites (tertiary alicyclic amines) is 1. The highest BCUT2D eigenvalue weighted by Crippen LogP contribution is 2.33. The number of fused-ring (bicyclic) bond motifs is 1. The summed E-state index contributed by atoms with van der Waals surface area (Å²) in [7, 11) is 3.71. The number of aryl methyl sites for hydroxylation is 1. The third kappa shape index (κ3) is 3.40. The van der Waals surface area contributed by atoms with Gasteiger partial charge in [0.15, 0.2) is 5.65 Å². The van der Waals surface area contributed by atoms with Gasteiger partial charge in [-0.1, -0.05) is 11.6 Å². The van der Waals surface area contributed by atoms with Gasteiger partial charge in [0.25, 0.3) is 5.91 Å². The molecular weight excluding hydrogens is 369 g/mol. The monoisotopic (exact) mass is 388 g/mol. The van der Waals surface area contributed by atoms with Crippen molar-refractivity contribution in [3.63, 3.8) is 0 Å². The molecule has 0 unspecified atom stereocenters. The van der Waals surface area contributed by atoms with Crippen LogP contribution in [-0.2, 0) is 6.18 Å². The second-order valence-corrected chi connectivity index (χ2v) is 7.17. The molecule has 1 saturated heterocycles. The van der Waals surface area contributed by atoms with Crippen molar-refractivity contribution in [1.82, 2.24) is 19.2 Å². The Kier molecular flexibility index (Phi) is 4.92. The van der Waals surface area contributed by atoms with E-state index in [0.29, 0.717) is 5.69 Å². The van der Waals surface area contributed by atoms with E-state index in [1.807, 2.05) is 7.05 Å². The van der Waals surface area contributed by atoms with Crippen LogP contribution in [-0.4, -0.2) is 58.3 Å². The maximum atomic E-state index is 13.1. The van der Waals surface area contributed by atoms with Crippen molar-refractivity contribution in [1.29, 1.82) is 0 Å². The molecule has 0 spiro atoms. The van der Waals surface area contributed by atoms with Crippen LogP contribution in [0.4, 0.5) is 13.2 Å². The van der Waals surface area contributed by atoms with Gasteiger partial charge < -0.3 is 9.80 Å². The Balaban J connectivity index is 2.02. The molecule has 1 amide bonds. The van der Waals surface area contributed by atoms with Crippen LogP contribution < -0.4 is 0 Å². The van der Waals surface area contributed by atoms with Crippen molar-refractivity contribution < 1.29 is 18.0 Å². The number of amides is 1. The van der Waals surface area contributed by atoms with E-state index in [4.69, 9.17) is 11.6 Å². The van der Waals surface area contributed by atoms with Crippen LogP contribution in [0.15, 0.2) is 12.3 Å². The van der Waals surface area contributed by atoms with Crippen LogP contribution in [0.2, 0.25) is 5.02 Å². The van der Waals surface area contributed by atoms with Gasteiger partial charge in [-0.05, 0) is 46.0 Å². The first-order valence-electron chi connectivity index (χ1n) is 8.30. The Morgan fingerprint density at radius 1 is 1.35 bits per heavy atom. The highest BCUT2D eigenvalue weighted by molar-refractivity contribution is 6.33. The van der Waals surface area contributed by atoms with E-state index in [1.54, 1.807) is 18.9 Å². The first-order valence-corrected chi connectivity index (χ1v) is 8.68. The molecule has 2 aromatic heterocycles. The topological polar surface area (TPSA) is 40.9 Å². The molecule has 9 heteroatoms. The summed E-state index contributed by atoms with van der Waals surface area (Å²) in [5, 5.41) is -0.135. The minimum absolute atomic E-state index is 0.0462. The summed E-state index contributed by atoms with van der Waals surface area (Å²) in [4.78, 5) is 21.0. The van der Waals surface area contributed by atoms with E-state index in [9.17, 15) is 18.0 Å². The molecule has 5 nitrogen and oxygen atoms in total. The highest BCUT2D eigenvalue weighted by Gasteiger charge is 2.34. The van der Waals surface area contributed by atoms with E-state index in [-0.39, 0.29) is 28.3 Å². The first kappa shape index (κ1) is 19.0. The van der Waals surface area contributed by atoms with E-state index in [1.165, 1.54) is 0 Å². The number of piperidine rings is 1. The zero-order valence-corrected chi connectivity index (χ0v) is 15.5. The number of alkyl halides is 3. The number of carbonyl (C=O) groups excluding carboxylic acids is 1. The SMILES string of the molecule is Cc1nc2c(Cl)cc(C(F)(F)F)cn2c1C(=O)N(C)C1CCN(C)CC1. The number of pyridine rings is 1. The van der Waals surface area contributed by atoms with Crippen LogP contribution in [0, 0.1) is 6.92 Å². The van der Waals surface area contributed by atoms with Gasteiger partial charge in [-0.15, -0.1) is 0 Å². The average molecular weight is 389 g/mol. The van der Waals surface area contributed by atoms with Gasteiger partial charge >= 0.3 is 6.18 Å². The fourth-order valence-electron chi connectivity index (χ4n) is 3.35. The third-order valence-corrected chi connectivity index (χ3v) is 5.21. The number of carbonyl (C=O) groups is 1. The number of rotatable bonds is 2. The molecule has 1 aliphatic heterocycles. The van der Waals surface area contributed by atoms with Gasteiger partial charge in [0.1, 0.15) is 5.69 Å². The zero-order chi connectivity index (χ0) is 19.2. The summed E-state index contributed by atoms with van der Waals surface area (Å²) in [6.45, 7) is 3.35. The normalized spacial score (nSPS) is 17.0. The molecule has 1 aliphatic rings. The van der Waals surface area contributed by atoms with Gasteiger partial charge in [-0.2, -0.15) is 13.2 Å². The number of hydrogen-bond donors (Lipinski definition) is 0. The summed E-state index contributed by atoms with van der Waals surface area (Å²) in [5.74, 6) is -0.347. The Labute approximate surface area is 154 Å². The molecule has 2 aromatic rings. The molecule has 0 aliphatic carbocycles. The van der Waals surface area contributed by atoms with Crippen LogP contribution in [0.1, 0.15) is 34.6 Å². The molecule has 3 heterocycles. The first-order chi connectivity index (χ1) is 12.1. The molecule has 0 N–H and O–H groups in total. The van der Waals surface area contributed by atoms with Crippen LogP contribution >= 0.6 is 11.6 Å². The molecule has 0 atom stereocenters. The molecule has 0 saturated carbocycles. The highest BCUT2D eigenvalue weighted by atomic mass is 35.5. The molecule has 3 rings (SSSR count). The van der Waals surface area contributed by atoms with Gasteiger partial charge in [-0.25, -0.2) is 4.98 Å². The second-order valence-electron chi connectivity index (χ2n) is 6.76. The molecule has 142 valence electrons.